The molecule has 3 nitrogen and oxygen atoms in total. The standard InChI is InChI=1S/C51H38N2O/c1-51(2)44-24-14-28-48-50(44)53(45-25-9-10-27-47(45)54-48)46-26-13-23-43(49(46)51)39-19-11-17-37(33-39)38-18-12-22-42(34-38)52(40-20-7-4-8-21-40)41-31-29-36(30-32-41)35-15-5-3-6-16-35/h3-34H,1-2H3. The van der Waals surface area contributed by atoms with E-state index in [9.17, 15) is 0 Å². The topological polar surface area (TPSA) is 15.7 Å². The SMILES string of the molecule is CC1(C)c2cccc3c2N(c2ccccc2O3)c2cccc(-c3cccc(-c4cccc(N(c5ccccc5)c5ccc(-c6ccccc6)cc5)c4)c3)c21. The summed E-state index contributed by atoms with van der Waals surface area (Å²) in [4.78, 5) is 4.75. The molecule has 2 aliphatic rings. The first kappa shape index (κ1) is 31.9. The second-order valence-electron chi connectivity index (χ2n) is 14.6. The van der Waals surface area contributed by atoms with Gasteiger partial charge in [0.1, 0.15) is 0 Å². The summed E-state index contributed by atoms with van der Waals surface area (Å²) in [7, 11) is 0. The molecule has 0 bridgehead atoms. The van der Waals surface area contributed by atoms with Crippen LogP contribution in [0.5, 0.6) is 11.5 Å². The van der Waals surface area contributed by atoms with Gasteiger partial charge in [0.2, 0.25) is 0 Å². The molecule has 8 aromatic rings. The van der Waals surface area contributed by atoms with Gasteiger partial charge in [-0.25, -0.2) is 0 Å². The largest absolute Gasteiger partial charge is 0.453 e. The molecule has 258 valence electrons. The van der Waals surface area contributed by atoms with Crippen LogP contribution >= 0.6 is 0 Å². The summed E-state index contributed by atoms with van der Waals surface area (Å²) in [5.41, 5.74) is 16.2. The Balaban J connectivity index is 1.07. The van der Waals surface area contributed by atoms with Crippen molar-refractivity contribution < 1.29 is 4.74 Å². The Morgan fingerprint density at radius 1 is 0.426 bits per heavy atom. The zero-order valence-electron chi connectivity index (χ0n) is 30.3. The van der Waals surface area contributed by atoms with Crippen LogP contribution in [0.4, 0.5) is 34.1 Å². The minimum absolute atomic E-state index is 0.272. The van der Waals surface area contributed by atoms with Crippen LogP contribution in [0.15, 0.2) is 194 Å². The van der Waals surface area contributed by atoms with Gasteiger partial charge in [0.15, 0.2) is 11.5 Å². The summed E-state index contributed by atoms with van der Waals surface area (Å²) in [6.45, 7) is 4.70. The smallest absolute Gasteiger partial charge is 0.151 e. The van der Waals surface area contributed by atoms with Crippen molar-refractivity contribution in [2.24, 2.45) is 0 Å². The first-order chi connectivity index (χ1) is 26.5. The maximum absolute atomic E-state index is 6.47. The van der Waals surface area contributed by atoms with Gasteiger partial charge in [-0.15, -0.1) is 0 Å². The molecular weight excluding hydrogens is 657 g/mol. The Labute approximate surface area is 317 Å². The summed E-state index contributed by atoms with van der Waals surface area (Å²) in [5, 5.41) is 0. The van der Waals surface area contributed by atoms with Crippen molar-refractivity contribution in [2.45, 2.75) is 19.3 Å². The van der Waals surface area contributed by atoms with E-state index in [4.69, 9.17) is 4.74 Å². The number of benzene rings is 8. The molecule has 0 atom stereocenters. The van der Waals surface area contributed by atoms with Gasteiger partial charge < -0.3 is 14.5 Å². The highest BCUT2D eigenvalue weighted by Gasteiger charge is 2.42. The van der Waals surface area contributed by atoms with E-state index >= 15 is 0 Å². The molecule has 0 fully saturated rings. The number of fused-ring (bicyclic) bond motifs is 4. The predicted molar refractivity (Wildman–Crippen MR) is 224 cm³/mol. The van der Waals surface area contributed by atoms with Crippen molar-refractivity contribution in [3.8, 4) is 44.9 Å². The molecule has 10 rings (SSSR count). The predicted octanol–water partition coefficient (Wildman–Crippen LogP) is 14.4. The molecule has 0 saturated heterocycles. The van der Waals surface area contributed by atoms with Crippen LogP contribution in [0, 0.1) is 0 Å². The van der Waals surface area contributed by atoms with Gasteiger partial charge in [0.25, 0.3) is 0 Å². The minimum Gasteiger partial charge on any atom is -0.453 e. The lowest BCUT2D eigenvalue weighted by Crippen LogP contribution is -2.32. The van der Waals surface area contributed by atoms with E-state index in [1.807, 2.05) is 6.07 Å². The van der Waals surface area contributed by atoms with Crippen LogP contribution in [0.3, 0.4) is 0 Å². The van der Waals surface area contributed by atoms with E-state index in [1.54, 1.807) is 0 Å². The average Bonchev–Trinajstić information content (AvgIpc) is 3.23. The molecule has 0 unspecified atom stereocenters. The summed E-state index contributed by atoms with van der Waals surface area (Å²) < 4.78 is 6.47. The highest BCUT2D eigenvalue weighted by atomic mass is 16.5. The van der Waals surface area contributed by atoms with Crippen LogP contribution in [0.25, 0.3) is 33.4 Å². The van der Waals surface area contributed by atoms with E-state index in [0.29, 0.717) is 0 Å². The monoisotopic (exact) mass is 694 g/mol. The van der Waals surface area contributed by atoms with Gasteiger partial charge in [-0.1, -0.05) is 141 Å². The van der Waals surface area contributed by atoms with Gasteiger partial charge in [-0.2, -0.15) is 0 Å². The van der Waals surface area contributed by atoms with Gasteiger partial charge in [0, 0.05) is 22.5 Å². The molecule has 0 amide bonds. The van der Waals surface area contributed by atoms with Crippen LogP contribution in [-0.2, 0) is 5.41 Å². The third-order valence-electron chi connectivity index (χ3n) is 11.0. The van der Waals surface area contributed by atoms with E-state index in [0.717, 1.165) is 45.5 Å². The van der Waals surface area contributed by atoms with Crippen molar-refractivity contribution in [2.75, 3.05) is 9.80 Å². The molecule has 2 aliphatic heterocycles. The second kappa shape index (κ2) is 12.7. The van der Waals surface area contributed by atoms with Gasteiger partial charge >= 0.3 is 0 Å². The Morgan fingerprint density at radius 3 is 1.80 bits per heavy atom. The Bertz CT molecular complexity index is 2660. The van der Waals surface area contributed by atoms with Crippen molar-refractivity contribution in [1.29, 1.82) is 0 Å². The molecule has 0 aromatic heterocycles. The summed E-state index contributed by atoms with van der Waals surface area (Å²) in [6.07, 6.45) is 0. The summed E-state index contributed by atoms with van der Waals surface area (Å²) in [5.74, 6) is 1.77. The number of anilines is 6. The number of nitrogens with zero attached hydrogens (tertiary/aromatic N) is 2. The molecule has 0 spiro atoms. The zero-order valence-corrected chi connectivity index (χ0v) is 30.3. The molecule has 0 radical (unpaired) electrons. The number of para-hydroxylation sites is 4. The van der Waals surface area contributed by atoms with E-state index in [-0.39, 0.29) is 5.41 Å². The molecule has 54 heavy (non-hydrogen) atoms. The molecular formula is C51H38N2O. The fraction of sp³-hybridized carbons (Fsp3) is 0.0588. The molecule has 0 aliphatic carbocycles. The maximum atomic E-state index is 6.47. The minimum atomic E-state index is -0.272. The fourth-order valence-electron chi connectivity index (χ4n) is 8.46. The quantitative estimate of drug-likeness (QED) is 0.172. The molecule has 0 saturated carbocycles. The van der Waals surface area contributed by atoms with Crippen LogP contribution in [0.1, 0.15) is 25.0 Å². The van der Waals surface area contributed by atoms with Crippen molar-refractivity contribution in [3.63, 3.8) is 0 Å². The highest BCUT2D eigenvalue weighted by molar-refractivity contribution is 5.96. The summed E-state index contributed by atoms with van der Waals surface area (Å²) in [6, 6.07) is 69.5. The number of ether oxygens (including phenoxy) is 1. The lowest BCUT2D eigenvalue weighted by Gasteiger charge is -2.45. The number of hydrogen-bond donors (Lipinski definition) is 0. The maximum Gasteiger partial charge on any atom is 0.151 e. The van der Waals surface area contributed by atoms with Crippen molar-refractivity contribution in [1.82, 2.24) is 0 Å². The fourth-order valence-corrected chi connectivity index (χ4v) is 8.46. The normalized spacial score (nSPS) is 13.3. The molecule has 0 N–H and O–H groups in total. The van der Waals surface area contributed by atoms with Crippen molar-refractivity contribution in [3.05, 3.63) is 205 Å². The van der Waals surface area contributed by atoms with Crippen LogP contribution in [0.2, 0.25) is 0 Å². The van der Waals surface area contributed by atoms with E-state index in [2.05, 4.69) is 212 Å². The Morgan fingerprint density at radius 2 is 0.981 bits per heavy atom. The van der Waals surface area contributed by atoms with Crippen molar-refractivity contribution >= 4 is 34.1 Å². The second-order valence-corrected chi connectivity index (χ2v) is 14.6. The van der Waals surface area contributed by atoms with E-state index in [1.165, 1.54) is 44.6 Å². The average molecular weight is 695 g/mol. The first-order valence-corrected chi connectivity index (χ1v) is 18.6. The van der Waals surface area contributed by atoms with Gasteiger partial charge in [-0.05, 0) is 111 Å². The van der Waals surface area contributed by atoms with Crippen LogP contribution in [-0.4, -0.2) is 0 Å². The third kappa shape index (κ3) is 5.20. The molecule has 3 heteroatoms. The van der Waals surface area contributed by atoms with Gasteiger partial charge in [0.05, 0.1) is 17.1 Å². The van der Waals surface area contributed by atoms with Gasteiger partial charge in [-0.3, -0.25) is 0 Å². The number of rotatable bonds is 6. The third-order valence-corrected chi connectivity index (χ3v) is 11.0. The highest BCUT2D eigenvalue weighted by Crippen LogP contribution is 2.61. The molecule has 8 aromatic carbocycles. The Kier molecular flexibility index (Phi) is 7.48. The molecule has 2 heterocycles. The van der Waals surface area contributed by atoms with E-state index < -0.39 is 0 Å². The lowest BCUT2D eigenvalue weighted by molar-refractivity contribution is 0.471. The summed E-state index contributed by atoms with van der Waals surface area (Å²) >= 11 is 0. The first-order valence-electron chi connectivity index (χ1n) is 18.6. The zero-order chi connectivity index (χ0) is 36.2. The number of hydrogen-bond acceptors (Lipinski definition) is 3. The Hall–Kier alpha value is -6.84. The lowest BCUT2D eigenvalue weighted by atomic mass is 9.70. The van der Waals surface area contributed by atoms with Crippen LogP contribution < -0.4 is 14.5 Å².